The molecule has 1 aromatic heterocycles. The van der Waals surface area contributed by atoms with Crippen LogP contribution in [0.25, 0.3) is 10.8 Å². The number of imide groups is 1. The summed E-state index contributed by atoms with van der Waals surface area (Å²) in [5.74, 6) is -0.631. The van der Waals surface area contributed by atoms with Gasteiger partial charge in [0, 0.05) is 28.9 Å². The van der Waals surface area contributed by atoms with Crippen molar-refractivity contribution in [3.05, 3.63) is 77.6 Å². The second kappa shape index (κ2) is 5.77. The first-order valence-corrected chi connectivity index (χ1v) is 6.91. The van der Waals surface area contributed by atoms with Crippen LogP contribution in [0.2, 0.25) is 0 Å². The van der Waals surface area contributed by atoms with Gasteiger partial charge in [0.15, 0.2) is 0 Å². The maximum absolute atomic E-state index is 11.6. The molecule has 4 nitrogen and oxygen atoms in total. The van der Waals surface area contributed by atoms with Gasteiger partial charge in [-0.15, -0.1) is 0 Å². The van der Waals surface area contributed by atoms with E-state index in [-0.39, 0.29) is 11.8 Å². The summed E-state index contributed by atoms with van der Waals surface area (Å²) in [6.45, 7) is 2.04. The van der Waals surface area contributed by atoms with E-state index in [9.17, 15) is 9.59 Å². The van der Waals surface area contributed by atoms with Gasteiger partial charge in [-0.3, -0.25) is 19.9 Å². The second-order valence-electron chi connectivity index (χ2n) is 5.02. The Labute approximate surface area is 127 Å². The van der Waals surface area contributed by atoms with E-state index in [0.717, 1.165) is 10.8 Å². The molecule has 1 aliphatic rings. The molecule has 0 atom stereocenters. The van der Waals surface area contributed by atoms with Gasteiger partial charge in [0.2, 0.25) is 0 Å². The quantitative estimate of drug-likeness (QED) is 0.647. The van der Waals surface area contributed by atoms with Gasteiger partial charge in [-0.2, -0.15) is 0 Å². The van der Waals surface area contributed by atoms with E-state index in [1.807, 2.05) is 43.3 Å². The molecular formula is C18H14N2O2. The smallest absolute Gasteiger partial charge is 0.258 e. The van der Waals surface area contributed by atoms with Gasteiger partial charge in [-0.05, 0) is 42.1 Å². The fraction of sp³-hybridized carbons (Fsp3) is 0.0556. The number of carbonyl (C=O) groups excluding carboxylic acids is 2. The number of benzene rings is 2. The largest absolute Gasteiger partial charge is 0.288 e. The topological polar surface area (TPSA) is 59.1 Å². The summed E-state index contributed by atoms with van der Waals surface area (Å²) < 4.78 is 0. The predicted molar refractivity (Wildman–Crippen MR) is 84.7 cm³/mol. The number of aromatic nitrogens is 1. The lowest BCUT2D eigenvalue weighted by Gasteiger charge is -2.15. The van der Waals surface area contributed by atoms with Crippen LogP contribution in [0.3, 0.4) is 0 Å². The number of rotatable bonds is 0. The molecule has 0 radical (unpaired) electrons. The summed E-state index contributed by atoms with van der Waals surface area (Å²) in [4.78, 5) is 26.9. The Morgan fingerprint density at radius 3 is 1.82 bits per heavy atom. The van der Waals surface area contributed by atoms with Crippen molar-refractivity contribution in [1.82, 2.24) is 10.3 Å². The van der Waals surface area contributed by atoms with Crippen molar-refractivity contribution < 1.29 is 9.59 Å². The highest BCUT2D eigenvalue weighted by atomic mass is 16.2. The minimum atomic E-state index is -0.315. The zero-order valence-electron chi connectivity index (χ0n) is 12.0. The van der Waals surface area contributed by atoms with Gasteiger partial charge in [0.1, 0.15) is 0 Å². The van der Waals surface area contributed by atoms with Crippen LogP contribution in [0.1, 0.15) is 26.3 Å². The standard InChI is InChI=1S/C12H7NO2.C6H7N/c14-11-8-5-1-3-7-4-2-6-9(10(7)8)12(15)13-11;1-6-2-4-7-5-3-6/h1-6H,(H,13,14,15);2-5H,1H3. The van der Waals surface area contributed by atoms with Gasteiger partial charge in [0.05, 0.1) is 0 Å². The maximum atomic E-state index is 11.6. The average molecular weight is 290 g/mol. The molecule has 1 aliphatic heterocycles. The van der Waals surface area contributed by atoms with Crippen LogP contribution in [0.15, 0.2) is 60.9 Å². The number of hydrogen-bond acceptors (Lipinski definition) is 3. The zero-order chi connectivity index (χ0) is 15.5. The Morgan fingerprint density at radius 1 is 0.818 bits per heavy atom. The summed E-state index contributed by atoms with van der Waals surface area (Å²) >= 11 is 0. The van der Waals surface area contributed by atoms with E-state index in [1.165, 1.54) is 5.56 Å². The number of amides is 2. The van der Waals surface area contributed by atoms with E-state index in [2.05, 4.69) is 10.3 Å². The maximum Gasteiger partial charge on any atom is 0.258 e. The monoisotopic (exact) mass is 290 g/mol. The molecule has 2 amide bonds. The number of nitrogens with zero attached hydrogens (tertiary/aromatic N) is 1. The molecule has 0 aliphatic carbocycles. The molecule has 4 rings (SSSR count). The first kappa shape index (κ1) is 13.9. The summed E-state index contributed by atoms with van der Waals surface area (Å²) in [7, 11) is 0. The van der Waals surface area contributed by atoms with Gasteiger partial charge >= 0.3 is 0 Å². The molecule has 4 heteroatoms. The number of pyridine rings is 1. The van der Waals surface area contributed by atoms with E-state index < -0.39 is 0 Å². The lowest BCUT2D eigenvalue weighted by atomic mass is 9.95. The van der Waals surface area contributed by atoms with Crippen LogP contribution in [0.5, 0.6) is 0 Å². The third-order valence-electron chi connectivity index (χ3n) is 3.47. The van der Waals surface area contributed by atoms with Crippen LogP contribution in [-0.4, -0.2) is 16.8 Å². The number of aryl methyl sites for hydroxylation is 1. The van der Waals surface area contributed by atoms with E-state index in [4.69, 9.17) is 0 Å². The lowest BCUT2D eigenvalue weighted by Crippen LogP contribution is -2.34. The first-order valence-electron chi connectivity index (χ1n) is 6.91. The Hall–Kier alpha value is -3.01. The average Bonchev–Trinajstić information content (AvgIpc) is 2.54. The van der Waals surface area contributed by atoms with Crippen LogP contribution in [0, 0.1) is 6.92 Å². The van der Waals surface area contributed by atoms with Crippen LogP contribution in [0.4, 0.5) is 0 Å². The van der Waals surface area contributed by atoms with Crippen molar-refractivity contribution in [1.29, 1.82) is 0 Å². The van der Waals surface area contributed by atoms with Crippen molar-refractivity contribution in [2.75, 3.05) is 0 Å². The van der Waals surface area contributed by atoms with Gasteiger partial charge in [0.25, 0.3) is 11.8 Å². The molecule has 0 saturated heterocycles. The van der Waals surface area contributed by atoms with Crippen molar-refractivity contribution in [3.8, 4) is 0 Å². The van der Waals surface area contributed by atoms with Crippen LogP contribution < -0.4 is 5.32 Å². The molecule has 0 unspecified atom stereocenters. The molecule has 22 heavy (non-hydrogen) atoms. The molecule has 0 saturated carbocycles. The Kier molecular flexibility index (Phi) is 3.66. The van der Waals surface area contributed by atoms with E-state index in [1.54, 1.807) is 24.5 Å². The number of carbonyl (C=O) groups is 2. The van der Waals surface area contributed by atoms with Gasteiger partial charge in [-0.1, -0.05) is 24.3 Å². The summed E-state index contributed by atoms with van der Waals surface area (Å²) in [6, 6.07) is 14.8. The SMILES string of the molecule is Cc1ccncc1.O=C1NC(=O)c2cccc3cccc1c23. The first-order chi connectivity index (χ1) is 10.7. The summed E-state index contributed by atoms with van der Waals surface area (Å²) in [5, 5.41) is 4.00. The molecule has 2 aromatic carbocycles. The Bertz CT molecular complexity index is 809. The highest BCUT2D eigenvalue weighted by Gasteiger charge is 2.23. The molecule has 0 spiro atoms. The molecule has 2 heterocycles. The summed E-state index contributed by atoms with van der Waals surface area (Å²) in [6.07, 6.45) is 3.57. The van der Waals surface area contributed by atoms with E-state index >= 15 is 0 Å². The Morgan fingerprint density at radius 2 is 1.36 bits per heavy atom. The van der Waals surface area contributed by atoms with Crippen LogP contribution >= 0.6 is 0 Å². The highest BCUT2D eigenvalue weighted by Crippen LogP contribution is 2.25. The predicted octanol–water partition coefficient (Wildman–Crippen LogP) is 3.11. The fourth-order valence-electron chi connectivity index (χ4n) is 2.38. The van der Waals surface area contributed by atoms with Crippen molar-refractivity contribution >= 4 is 22.6 Å². The number of hydrogen-bond donors (Lipinski definition) is 1. The summed E-state index contributed by atoms with van der Waals surface area (Å²) in [5.41, 5.74) is 2.40. The van der Waals surface area contributed by atoms with Crippen molar-refractivity contribution in [2.45, 2.75) is 6.92 Å². The lowest BCUT2D eigenvalue weighted by molar-refractivity contribution is 0.0845. The van der Waals surface area contributed by atoms with Crippen molar-refractivity contribution in [2.24, 2.45) is 0 Å². The van der Waals surface area contributed by atoms with Gasteiger partial charge in [-0.25, -0.2) is 0 Å². The molecule has 0 bridgehead atoms. The molecule has 0 fully saturated rings. The molecular weight excluding hydrogens is 276 g/mol. The minimum absolute atomic E-state index is 0.315. The molecule has 1 N–H and O–H groups in total. The van der Waals surface area contributed by atoms with Gasteiger partial charge < -0.3 is 0 Å². The highest BCUT2D eigenvalue weighted by molar-refractivity contribution is 6.25. The third kappa shape index (κ3) is 2.59. The Balaban J connectivity index is 0.000000174. The van der Waals surface area contributed by atoms with Crippen LogP contribution in [-0.2, 0) is 0 Å². The van der Waals surface area contributed by atoms with E-state index in [0.29, 0.717) is 11.1 Å². The minimum Gasteiger partial charge on any atom is -0.288 e. The fourth-order valence-corrected chi connectivity index (χ4v) is 2.38. The van der Waals surface area contributed by atoms with Crippen molar-refractivity contribution in [3.63, 3.8) is 0 Å². The third-order valence-corrected chi connectivity index (χ3v) is 3.47. The molecule has 3 aromatic rings. The molecule has 108 valence electrons. The zero-order valence-corrected chi connectivity index (χ0v) is 12.0. The second-order valence-corrected chi connectivity index (χ2v) is 5.02. The normalized spacial score (nSPS) is 12.4. The number of nitrogens with one attached hydrogen (secondary N) is 1.